The fraction of sp³-hybridized carbons (Fsp3) is 0.333. The van der Waals surface area contributed by atoms with Gasteiger partial charge in [-0.2, -0.15) is 0 Å². The van der Waals surface area contributed by atoms with Gasteiger partial charge in [0.2, 0.25) is 0 Å². The maximum absolute atomic E-state index is 14.3. The lowest BCUT2D eigenvalue weighted by Gasteiger charge is -2.36. The van der Waals surface area contributed by atoms with Crippen molar-refractivity contribution in [3.63, 3.8) is 0 Å². The molecule has 0 atom stereocenters. The highest BCUT2D eigenvalue weighted by atomic mass is 35.5. The van der Waals surface area contributed by atoms with E-state index in [-0.39, 0.29) is 11.6 Å². The number of hydrogen-bond acceptors (Lipinski definition) is 4. The van der Waals surface area contributed by atoms with Gasteiger partial charge in [-0.05, 0) is 31.2 Å². The average molecular weight is 348 g/mol. The summed E-state index contributed by atoms with van der Waals surface area (Å²) in [5, 5.41) is 0.533. The number of hydrogen-bond donors (Lipinski definition) is 0. The molecule has 0 N–H and O–H groups in total. The van der Waals surface area contributed by atoms with Crippen molar-refractivity contribution < 1.29 is 9.18 Å². The summed E-state index contributed by atoms with van der Waals surface area (Å²) < 4.78 is 14.3. The van der Waals surface area contributed by atoms with Gasteiger partial charge in [-0.25, -0.2) is 9.37 Å². The van der Waals surface area contributed by atoms with Crippen LogP contribution in [0.15, 0.2) is 36.5 Å². The third-order valence-electron chi connectivity index (χ3n) is 4.30. The molecule has 0 saturated carbocycles. The van der Waals surface area contributed by atoms with Crippen molar-refractivity contribution in [3.8, 4) is 0 Å². The average Bonchev–Trinajstić information content (AvgIpc) is 2.58. The van der Waals surface area contributed by atoms with Crippen LogP contribution in [0.3, 0.4) is 0 Å². The Balaban J connectivity index is 1.63. The van der Waals surface area contributed by atoms with E-state index in [4.69, 9.17) is 11.6 Å². The summed E-state index contributed by atoms with van der Waals surface area (Å²) in [7, 11) is 0. The molecule has 24 heavy (non-hydrogen) atoms. The van der Waals surface area contributed by atoms with Crippen LogP contribution in [0.25, 0.3) is 0 Å². The van der Waals surface area contributed by atoms with E-state index < -0.39 is 0 Å². The zero-order valence-corrected chi connectivity index (χ0v) is 14.3. The third kappa shape index (κ3) is 3.74. The van der Waals surface area contributed by atoms with Gasteiger partial charge in [-0.1, -0.05) is 17.7 Å². The molecule has 1 aromatic carbocycles. The molecule has 0 unspecified atom stereocenters. The lowest BCUT2D eigenvalue weighted by molar-refractivity contribution is 0.101. The quantitative estimate of drug-likeness (QED) is 0.627. The van der Waals surface area contributed by atoms with Crippen LogP contribution in [-0.2, 0) is 6.54 Å². The molecule has 0 radical (unpaired) electrons. The number of benzene rings is 1. The van der Waals surface area contributed by atoms with Gasteiger partial charge in [-0.15, -0.1) is 0 Å². The summed E-state index contributed by atoms with van der Waals surface area (Å²) in [6.07, 6.45) is 1.68. The first-order valence-electron chi connectivity index (χ1n) is 7.92. The maximum atomic E-state index is 14.3. The predicted octanol–water partition coefficient (Wildman–Crippen LogP) is 3.40. The largest absolute Gasteiger partial charge is 0.367 e. The zero-order valence-electron chi connectivity index (χ0n) is 13.5. The van der Waals surface area contributed by atoms with E-state index in [2.05, 4.69) is 9.88 Å². The smallest absolute Gasteiger partial charge is 0.159 e. The molecule has 0 aliphatic carbocycles. The van der Waals surface area contributed by atoms with E-state index in [0.29, 0.717) is 16.4 Å². The normalized spacial score (nSPS) is 15.5. The first-order chi connectivity index (χ1) is 11.5. The highest BCUT2D eigenvalue weighted by Gasteiger charge is 2.20. The van der Waals surface area contributed by atoms with E-state index in [1.54, 1.807) is 18.3 Å². The van der Waals surface area contributed by atoms with Crippen LogP contribution in [0.1, 0.15) is 22.8 Å². The highest BCUT2D eigenvalue weighted by molar-refractivity contribution is 6.30. The molecule has 0 amide bonds. The topological polar surface area (TPSA) is 36.4 Å². The Morgan fingerprint density at radius 2 is 2.00 bits per heavy atom. The van der Waals surface area contributed by atoms with Crippen LogP contribution < -0.4 is 4.90 Å². The summed E-state index contributed by atoms with van der Waals surface area (Å²) in [5.41, 5.74) is 1.96. The van der Waals surface area contributed by atoms with Crippen LogP contribution in [0, 0.1) is 5.82 Å². The minimum atomic E-state index is -0.341. The van der Waals surface area contributed by atoms with Crippen LogP contribution >= 0.6 is 11.6 Å². The molecule has 1 saturated heterocycles. The van der Waals surface area contributed by atoms with Crippen LogP contribution in [0.2, 0.25) is 5.15 Å². The molecular formula is C18H19ClFN3O. The van der Waals surface area contributed by atoms with Crippen molar-refractivity contribution in [1.29, 1.82) is 0 Å². The molecule has 4 nitrogen and oxygen atoms in total. The minimum Gasteiger partial charge on any atom is -0.367 e. The van der Waals surface area contributed by atoms with Crippen molar-refractivity contribution in [2.45, 2.75) is 13.5 Å². The summed E-state index contributed by atoms with van der Waals surface area (Å²) in [6.45, 7) is 5.28. The van der Waals surface area contributed by atoms with E-state index in [9.17, 15) is 9.18 Å². The van der Waals surface area contributed by atoms with Gasteiger partial charge >= 0.3 is 0 Å². The van der Waals surface area contributed by atoms with E-state index in [1.165, 1.54) is 13.0 Å². The Morgan fingerprint density at radius 1 is 1.25 bits per heavy atom. The molecule has 126 valence electrons. The molecular weight excluding hydrogens is 329 g/mol. The molecule has 1 aliphatic rings. The van der Waals surface area contributed by atoms with Gasteiger partial charge in [0.25, 0.3) is 0 Å². The molecule has 0 spiro atoms. The molecule has 1 aromatic heterocycles. The highest BCUT2D eigenvalue weighted by Crippen LogP contribution is 2.23. The van der Waals surface area contributed by atoms with Crippen LogP contribution in [-0.4, -0.2) is 41.8 Å². The van der Waals surface area contributed by atoms with E-state index in [1.807, 2.05) is 17.0 Å². The summed E-state index contributed by atoms with van der Waals surface area (Å²) in [4.78, 5) is 19.7. The van der Waals surface area contributed by atoms with E-state index in [0.717, 1.165) is 38.3 Å². The monoisotopic (exact) mass is 347 g/mol. The zero-order chi connectivity index (χ0) is 17.1. The lowest BCUT2D eigenvalue weighted by atomic mass is 10.1. The Labute approximate surface area is 145 Å². The van der Waals surface area contributed by atoms with Gasteiger partial charge in [0.15, 0.2) is 5.78 Å². The summed E-state index contributed by atoms with van der Waals surface area (Å²) in [6, 6.07) is 8.55. The molecule has 2 aromatic rings. The van der Waals surface area contributed by atoms with Crippen molar-refractivity contribution in [2.24, 2.45) is 0 Å². The number of carbonyl (C=O) groups is 1. The van der Waals surface area contributed by atoms with Gasteiger partial charge in [0, 0.05) is 50.0 Å². The molecule has 0 bridgehead atoms. The van der Waals surface area contributed by atoms with Crippen molar-refractivity contribution in [1.82, 2.24) is 9.88 Å². The van der Waals surface area contributed by atoms with Crippen molar-refractivity contribution >= 4 is 23.1 Å². The Morgan fingerprint density at radius 3 is 2.62 bits per heavy atom. The van der Waals surface area contributed by atoms with Gasteiger partial charge in [0.05, 0.1) is 5.69 Å². The summed E-state index contributed by atoms with van der Waals surface area (Å²) >= 11 is 6.10. The predicted molar refractivity (Wildman–Crippen MR) is 93.1 cm³/mol. The number of aromatic nitrogens is 1. The first kappa shape index (κ1) is 16.9. The molecule has 3 rings (SSSR count). The Bertz CT molecular complexity index is 745. The molecule has 6 heteroatoms. The number of pyridine rings is 1. The van der Waals surface area contributed by atoms with Crippen molar-refractivity contribution in [2.75, 3.05) is 31.1 Å². The second-order valence-electron chi connectivity index (χ2n) is 5.94. The number of piperazine rings is 1. The number of halogens is 2. The number of ketones is 1. The second-order valence-corrected chi connectivity index (χ2v) is 6.30. The number of Topliss-reactive ketones (excluding diaryl/α,β-unsaturated/α-hetero) is 1. The number of nitrogens with zero attached hydrogens (tertiary/aromatic N) is 3. The Hall–Kier alpha value is -1.98. The van der Waals surface area contributed by atoms with Crippen LogP contribution in [0.4, 0.5) is 10.1 Å². The maximum Gasteiger partial charge on any atom is 0.159 e. The van der Waals surface area contributed by atoms with Crippen LogP contribution in [0.5, 0.6) is 0 Å². The van der Waals surface area contributed by atoms with Crippen molar-refractivity contribution in [3.05, 3.63) is 58.6 Å². The number of rotatable bonds is 4. The SMILES string of the molecule is CC(=O)c1ccc(N2CCN(Cc3cccnc3Cl)CC2)c(F)c1. The standard InChI is InChI=1S/C18H19ClFN3O/c1-13(24)14-4-5-17(16(20)11-14)23-9-7-22(8-10-23)12-15-3-2-6-21-18(15)19/h2-6,11H,7-10,12H2,1H3. The fourth-order valence-corrected chi connectivity index (χ4v) is 3.09. The number of carbonyl (C=O) groups excluding carboxylic acids is 1. The fourth-order valence-electron chi connectivity index (χ4n) is 2.91. The summed E-state index contributed by atoms with van der Waals surface area (Å²) in [5.74, 6) is -0.468. The minimum absolute atomic E-state index is 0.126. The van der Waals surface area contributed by atoms with Gasteiger partial charge in [0.1, 0.15) is 11.0 Å². The second kappa shape index (κ2) is 7.28. The number of anilines is 1. The van der Waals surface area contributed by atoms with E-state index >= 15 is 0 Å². The van der Waals surface area contributed by atoms with Gasteiger partial charge < -0.3 is 4.90 Å². The molecule has 1 fully saturated rings. The molecule has 1 aliphatic heterocycles. The third-order valence-corrected chi connectivity index (χ3v) is 4.64. The Kier molecular flexibility index (Phi) is 5.11. The first-order valence-corrected chi connectivity index (χ1v) is 8.29. The van der Waals surface area contributed by atoms with Gasteiger partial charge in [-0.3, -0.25) is 9.69 Å². The molecule has 2 heterocycles. The lowest BCUT2D eigenvalue weighted by Crippen LogP contribution is -2.46.